The van der Waals surface area contributed by atoms with Crippen LogP contribution in [0.4, 0.5) is 11.6 Å². The Morgan fingerprint density at radius 2 is 1.70 bits per heavy atom. The van der Waals surface area contributed by atoms with Crippen molar-refractivity contribution in [1.29, 1.82) is 0 Å². The first-order valence-corrected chi connectivity index (χ1v) is 10.00. The molecule has 3 heterocycles. The Morgan fingerprint density at radius 1 is 0.848 bits per heavy atom. The average molecular weight is 440 g/mol. The molecule has 10 nitrogen and oxygen atoms in total. The first-order valence-electron chi connectivity index (χ1n) is 10.00. The van der Waals surface area contributed by atoms with Gasteiger partial charge >= 0.3 is 0 Å². The number of amides is 2. The topological polar surface area (TPSA) is 135 Å². The number of carbonyl (C=O) groups excluding carboxylic acids is 2. The summed E-state index contributed by atoms with van der Waals surface area (Å²) in [6.45, 7) is 3.66. The fourth-order valence-electron chi connectivity index (χ4n) is 2.87. The van der Waals surface area contributed by atoms with Crippen LogP contribution in [0.15, 0.2) is 67.4 Å². The van der Waals surface area contributed by atoms with Crippen molar-refractivity contribution in [2.75, 3.05) is 5.32 Å². The van der Waals surface area contributed by atoms with E-state index >= 15 is 0 Å². The van der Waals surface area contributed by atoms with Crippen molar-refractivity contribution >= 4 is 23.5 Å². The van der Waals surface area contributed by atoms with E-state index in [9.17, 15) is 9.59 Å². The summed E-state index contributed by atoms with van der Waals surface area (Å²) in [4.78, 5) is 45.6. The first-order chi connectivity index (χ1) is 16.0. The normalized spacial score (nSPS) is 10.4. The molecule has 2 amide bonds. The highest BCUT2D eigenvalue weighted by molar-refractivity contribution is 5.98. The molecule has 0 aliphatic heterocycles. The van der Waals surface area contributed by atoms with Gasteiger partial charge in [0.15, 0.2) is 0 Å². The van der Waals surface area contributed by atoms with Crippen molar-refractivity contribution in [1.82, 2.24) is 35.8 Å². The van der Waals surface area contributed by atoms with Crippen LogP contribution in [0.3, 0.4) is 0 Å². The Hall–Kier alpha value is -4.73. The highest BCUT2D eigenvalue weighted by Gasteiger charge is 2.13. The molecular weight excluding hydrogens is 420 g/mol. The van der Waals surface area contributed by atoms with Gasteiger partial charge in [-0.05, 0) is 49.7 Å². The molecule has 4 aromatic rings. The monoisotopic (exact) mass is 440 g/mol. The van der Waals surface area contributed by atoms with Crippen molar-refractivity contribution < 1.29 is 9.59 Å². The van der Waals surface area contributed by atoms with Crippen LogP contribution in [0.25, 0.3) is 11.3 Å². The molecule has 0 unspecified atom stereocenters. The molecule has 0 atom stereocenters. The molecule has 0 bridgehead atoms. The van der Waals surface area contributed by atoms with Crippen LogP contribution in [-0.4, -0.2) is 36.7 Å². The van der Waals surface area contributed by atoms with E-state index < -0.39 is 11.8 Å². The third kappa shape index (κ3) is 5.31. The number of pyridine rings is 1. The van der Waals surface area contributed by atoms with E-state index in [1.54, 1.807) is 49.8 Å². The van der Waals surface area contributed by atoms with E-state index in [-0.39, 0.29) is 5.69 Å². The predicted molar refractivity (Wildman–Crippen MR) is 121 cm³/mol. The summed E-state index contributed by atoms with van der Waals surface area (Å²) in [6.07, 6.45) is 7.87. The van der Waals surface area contributed by atoms with Gasteiger partial charge in [-0.25, -0.2) is 15.0 Å². The van der Waals surface area contributed by atoms with Crippen LogP contribution in [0, 0.1) is 13.8 Å². The SMILES string of the molecule is Cc1cnc(C(=O)NNC(=O)c2ccc(C)c(Nc3nccc(-c4cccnc4)n3)c2)cn1. The van der Waals surface area contributed by atoms with Gasteiger partial charge in [-0.1, -0.05) is 6.07 Å². The molecule has 0 spiro atoms. The summed E-state index contributed by atoms with van der Waals surface area (Å²) in [5.74, 6) is -0.679. The molecule has 0 aliphatic rings. The Balaban J connectivity index is 1.46. The quantitative estimate of drug-likeness (QED) is 0.403. The lowest BCUT2D eigenvalue weighted by atomic mass is 10.1. The Bertz CT molecular complexity index is 1290. The zero-order valence-electron chi connectivity index (χ0n) is 17.9. The van der Waals surface area contributed by atoms with E-state index in [1.165, 1.54) is 12.4 Å². The zero-order chi connectivity index (χ0) is 23.2. The predicted octanol–water partition coefficient (Wildman–Crippen LogP) is 2.76. The Labute approximate surface area is 189 Å². The van der Waals surface area contributed by atoms with Gasteiger partial charge in [-0.2, -0.15) is 0 Å². The van der Waals surface area contributed by atoms with Gasteiger partial charge in [0, 0.05) is 41.6 Å². The number of anilines is 2. The summed E-state index contributed by atoms with van der Waals surface area (Å²) >= 11 is 0. The van der Waals surface area contributed by atoms with Crippen molar-refractivity contribution in [2.24, 2.45) is 0 Å². The summed E-state index contributed by atoms with van der Waals surface area (Å²) in [5, 5.41) is 3.15. The number of aromatic nitrogens is 5. The lowest BCUT2D eigenvalue weighted by Crippen LogP contribution is -2.42. The van der Waals surface area contributed by atoms with Crippen molar-refractivity contribution in [3.05, 3.63) is 89.9 Å². The van der Waals surface area contributed by atoms with E-state index in [4.69, 9.17) is 0 Å². The molecule has 0 saturated carbocycles. The minimum atomic E-state index is -0.568. The number of benzene rings is 1. The van der Waals surface area contributed by atoms with E-state index in [0.29, 0.717) is 28.6 Å². The lowest BCUT2D eigenvalue weighted by Gasteiger charge is -2.12. The molecular formula is C23H20N8O2. The molecule has 0 fully saturated rings. The molecule has 3 aromatic heterocycles. The number of hydrogen-bond donors (Lipinski definition) is 3. The molecule has 0 radical (unpaired) electrons. The maximum atomic E-state index is 12.6. The zero-order valence-corrected chi connectivity index (χ0v) is 17.9. The minimum Gasteiger partial charge on any atom is -0.324 e. The second-order valence-electron chi connectivity index (χ2n) is 7.11. The number of rotatable bonds is 5. The molecule has 3 N–H and O–H groups in total. The third-order valence-corrected chi connectivity index (χ3v) is 4.66. The van der Waals surface area contributed by atoms with Gasteiger partial charge in [0.25, 0.3) is 11.8 Å². The van der Waals surface area contributed by atoms with Gasteiger partial charge in [-0.3, -0.25) is 30.4 Å². The van der Waals surface area contributed by atoms with Crippen LogP contribution in [0.1, 0.15) is 32.1 Å². The number of hydrazine groups is 1. The number of aryl methyl sites for hydroxylation is 2. The average Bonchev–Trinajstić information content (AvgIpc) is 2.85. The number of nitrogens with one attached hydrogen (secondary N) is 3. The minimum absolute atomic E-state index is 0.0952. The standard InChI is InChI=1S/C23H20N8O2/c1-14-5-6-16(21(32)30-31-22(33)20-13-26-15(2)11-27-20)10-19(14)29-23-25-9-7-18(28-23)17-4-3-8-24-12-17/h3-13H,1-2H3,(H,30,32)(H,31,33)(H,25,28,29). The molecule has 0 aliphatic carbocycles. The van der Waals surface area contributed by atoms with Crippen molar-refractivity contribution in [3.8, 4) is 11.3 Å². The first kappa shape index (κ1) is 21.5. The summed E-state index contributed by atoms with van der Waals surface area (Å²) in [6, 6.07) is 10.6. The van der Waals surface area contributed by atoms with Crippen LogP contribution in [-0.2, 0) is 0 Å². The highest BCUT2D eigenvalue weighted by atomic mass is 16.2. The van der Waals surface area contributed by atoms with E-state index in [2.05, 4.69) is 41.1 Å². The lowest BCUT2D eigenvalue weighted by molar-refractivity contribution is 0.0843. The molecule has 0 saturated heterocycles. The van der Waals surface area contributed by atoms with Gasteiger partial charge in [0.05, 0.1) is 17.6 Å². The van der Waals surface area contributed by atoms with Crippen LogP contribution in [0.5, 0.6) is 0 Å². The van der Waals surface area contributed by atoms with Crippen molar-refractivity contribution in [2.45, 2.75) is 13.8 Å². The summed E-state index contributed by atoms with van der Waals surface area (Å²) in [7, 11) is 0. The van der Waals surface area contributed by atoms with Crippen LogP contribution in [0.2, 0.25) is 0 Å². The maximum absolute atomic E-state index is 12.6. The number of hydrogen-bond acceptors (Lipinski definition) is 8. The smallest absolute Gasteiger partial charge is 0.289 e. The van der Waals surface area contributed by atoms with Crippen LogP contribution < -0.4 is 16.2 Å². The van der Waals surface area contributed by atoms with Gasteiger partial charge in [0.2, 0.25) is 5.95 Å². The van der Waals surface area contributed by atoms with Crippen LogP contribution >= 0.6 is 0 Å². The molecule has 164 valence electrons. The van der Waals surface area contributed by atoms with Gasteiger partial charge in [0.1, 0.15) is 5.69 Å². The van der Waals surface area contributed by atoms with Gasteiger partial charge in [-0.15, -0.1) is 0 Å². The Morgan fingerprint density at radius 3 is 2.45 bits per heavy atom. The van der Waals surface area contributed by atoms with Gasteiger partial charge < -0.3 is 5.32 Å². The third-order valence-electron chi connectivity index (χ3n) is 4.66. The van der Waals surface area contributed by atoms with E-state index in [0.717, 1.165) is 11.1 Å². The Kier molecular flexibility index (Phi) is 6.26. The molecule has 33 heavy (non-hydrogen) atoms. The molecule has 1 aromatic carbocycles. The summed E-state index contributed by atoms with van der Waals surface area (Å²) < 4.78 is 0. The summed E-state index contributed by atoms with van der Waals surface area (Å²) in [5.41, 5.74) is 8.95. The van der Waals surface area contributed by atoms with E-state index in [1.807, 2.05) is 19.1 Å². The highest BCUT2D eigenvalue weighted by Crippen LogP contribution is 2.22. The number of nitrogens with zero attached hydrogens (tertiary/aromatic N) is 5. The second kappa shape index (κ2) is 9.60. The molecule has 4 rings (SSSR count). The maximum Gasteiger partial charge on any atom is 0.289 e. The fraction of sp³-hybridized carbons (Fsp3) is 0.0870. The van der Waals surface area contributed by atoms with Crippen molar-refractivity contribution in [3.63, 3.8) is 0 Å². The number of carbonyl (C=O) groups is 2. The molecule has 10 heteroatoms. The largest absolute Gasteiger partial charge is 0.324 e. The fourth-order valence-corrected chi connectivity index (χ4v) is 2.87. The second-order valence-corrected chi connectivity index (χ2v) is 7.11.